The molecule has 6 heteroatoms. The summed E-state index contributed by atoms with van der Waals surface area (Å²) in [5.74, 6) is 0. The number of hydrogen-bond donors (Lipinski definition) is 1. The number of nitrogens with zero attached hydrogens (tertiary/aromatic N) is 2. The Hall–Kier alpha value is -1.14. The van der Waals surface area contributed by atoms with Crippen molar-refractivity contribution in [3.63, 3.8) is 0 Å². The van der Waals surface area contributed by atoms with Gasteiger partial charge in [0.2, 0.25) is 0 Å². The molecule has 1 aromatic rings. The fourth-order valence-electron chi connectivity index (χ4n) is 1.84. The molecule has 1 atom stereocenters. The summed E-state index contributed by atoms with van der Waals surface area (Å²) >= 11 is 1.64. The highest BCUT2D eigenvalue weighted by atomic mass is 32.1. The molecular weight excluding hydrogens is 286 g/mol. The summed E-state index contributed by atoms with van der Waals surface area (Å²) in [5.41, 5.74) is -0.454. The van der Waals surface area contributed by atoms with Crippen molar-refractivity contribution in [2.24, 2.45) is 0 Å². The number of carbonyl (C=O) groups excluding carboxylic acids is 1. The molecule has 0 aliphatic carbocycles. The molecule has 1 rings (SSSR count). The second-order valence-corrected chi connectivity index (χ2v) is 6.94. The van der Waals surface area contributed by atoms with Gasteiger partial charge in [-0.3, -0.25) is 0 Å². The maximum Gasteiger partial charge on any atom is 0.410 e. The van der Waals surface area contributed by atoms with Gasteiger partial charge >= 0.3 is 6.09 Å². The zero-order chi connectivity index (χ0) is 15.9. The molecule has 5 nitrogen and oxygen atoms in total. The summed E-state index contributed by atoms with van der Waals surface area (Å²) in [4.78, 5) is 18.2. The van der Waals surface area contributed by atoms with Crippen LogP contribution >= 0.6 is 11.3 Å². The highest BCUT2D eigenvalue weighted by Crippen LogP contribution is 2.14. The van der Waals surface area contributed by atoms with Gasteiger partial charge in [0.15, 0.2) is 0 Å². The number of amides is 1. The van der Waals surface area contributed by atoms with E-state index < -0.39 is 5.60 Å². The first-order chi connectivity index (χ1) is 9.83. The van der Waals surface area contributed by atoms with Gasteiger partial charge in [0, 0.05) is 31.2 Å². The molecule has 1 heterocycles. The monoisotopic (exact) mass is 313 g/mol. The Morgan fingerprint density at radius 2 is 2.19 bits per heavy atom. The zero-order valence-electron chi connectivity index (χ0n) is 13.7. The molecule has 0 aromatic carbocycles. The van der Waals surface area contributed by atoms with Crippen LogP contribution in [0.25, 0.3) is 0 Å². The Balaban J connectivity index is 2.42. The quantitative estimate of drug-likeness (QED) is 0.838. The van der Waals surface area contributed by atoms with Crippen LogP contribution in [0.1, 0.15) is 52.1 Å². The number of thiazole rings is 1. The first-order valence-corrected chi connectivity index (χ1v) is 8.32. The van der Waals surface area contributed by atoms with Crippen molar-refractivity contribution in [2.75, 3.05) is 19.6 Å². The molecule has 0 fully saturated rings. The van der Waals surface area contributed by atoms with E-state index >= 15 is 0 Å². The number of hydrogen-bond acceptors (Lipinski definition) is 5. The third-order valence-electron chi connectivity index (χ3n) is 2.80. The number of rotatable bonds is 7. The van der Waals surface area contributed by atoms with Gasteiger partial charge in [-0.1, -0.05) is 6.92 Å². The van der Waals surface area contributed by atoms with E-state index in [0.29, 0.717) is 13.1 Å². The average molecular weight is 313 g/mol. The largest absolute Gasteiger partial charge is 0.444 e. The summed E-state index contributed by atoms with van der Waals surface area (Å²) < 4.78 is 5.43. The van der Waals surface area contributed by atoms with Crippen LogP contribution in [0, 0.1) is 0 Å². The van der Waals surface area contributed by atoms with Crippen LogP contribution in [0.3, 0.4) is 0 Å². The molecule has 1 aromatic heterocycles. The first kappa shape index (κ1) is 17.9. The topological polar surface area (TPSA) is 54.5 Å². The van der Waals surface area contributed by atoms with Gasteiger partial charge in [-0.2, -0.15) is 0 Å². The van der Waals surface area contributed by atoms with E-state index in [-0.39, 0.29) is 12.1 Å². The lowest BCUT2D eigenvalue weighted by Crippen LogP contribution is -2.41. The minimum atomic E-state index is -0.454. The summed E-state index contributed by atoms with van der Waals surface area (Å²) in [6.07, 6.45) is 2.48. The van der Waals surface area contributed by atoms with Crippen LogP contribution in [0.4, 0.5) is 4.79 Å². The third kappa shape index (κ3) is 6.91. The zero-order valence-corrected chi connectivity index (χ0v) is 14.5. The van der Waals surface area contributed by atoms with Crippen LogP contribution in [0.15, 0.2) is 11.6 Å². The van der Waals surface area contributed by atoms with Crippen molar-refractivity contribution in [1.82, 2.24) is 15.2 Å². The smallest absolute Gasteiger partial charge is 0.410 e. The van der Waals surface area contributed by atoms with Crippen molar-refractivity contribution >= 4 is 17.4 Å². The maximum absolute atomic E-state index is 12.1. The lowest BCUT2D eigenvalue weighted by molar-refractivity contribution is 0.0251. The predicted molar refractivity (Wildman–Crippen MR) is 86.6 cm³/mol. The Kier molecular flexibility index (Phi) is 7.11. The molecule has 0 aliphatic heterocycles. The number of nitrogens with one attached hydrogen (secondary N) is 1. The standard InChI is InChI=1S/C15H27N3O2S/c1-6-9-18(14(19)20-15(3,4)5)10-7-16-12(2)13-17-8-11-21-13/h8,11-12,16H,6-7,9-10H2,1-5H3. The Morgan fingerprint density at radius 1 is 1.48 bits per heavy atom. The van der Waals surface area contributed by atoms with Crippen LogP contribution < -0.4 is 5.32 Å². The molecule has 120 valence electrons. The Morgan fingerprint density at radius 3 is 2.71 bits per heavy atom. The molecule has 0 spiro atoms. The molecule has 0 saturated heterocycles. The van der Waals surface area contributed by atoms with Crippen molar-refractivity contribution < 1.29 is 9.53 Å². The normalized spacial score (nSPS) is 13.0. The minimum absolute atomic E-state index is 0.201. The van der Waals surface area contributed by atoms with Crippen molar-refractivity contribution in [1.29, 1.82) is 0 Å². The molecule has 0 aliphatic rings. The fourth-order valence-corrected chi connectivity index (χ4v) is 2.51. The van der Waals surface area contributed by atoms with E-state index in [2.05, 4.69) is 24.1 Å². The van der Waals surface area contributed by atoms with E-state index in [4.69, 9.17) is 4.74 Å². The predicted octanol–water partition coefficient (Wildman–Crippen LogP) is 3.44. The van der Waals surface area contributed by atoms with Gasteiger partial charge in [-0.15, -0.1) is 11.3 Å². The maximum atomic E-state index is 12.1. The van der Waals surface area contributed by atoms with E-state index in [1.54, 1.807) is 16.2 Å². The second-order valence-electron chi connectivity index (χ2n) is 6.01. The van der Waals surface area contributed by atoms with Gasteiger partial charge in [-0.25, -0.2) is 9.78 Å². The van der Waals surface area contributed by atoms with Crippen LogP contribution in [0.2, 0.25) is 0 Å². The van der Waals surface area contributed by atoms with Gasteiger partial charge in [-0.05, 0) is 34.1 Å². The summed E-state index contributed by atoms with van der Waals surface area (Å²) in [7, 11) is 0. The van der Waals surface area contributed by atoms with E-state index in [1.165, 1.54) is 0 Å². The molecule has 1 N–H and O–H groups in total. The Labute approximate surface area is 131 Å². The van der Waals surface area contributed by atoms with Crippen LogP contribution in [-0.4, -0.2) is 41.2 Å². The highest BCUT2D eigenvalue weighted by molar-refractivity contribution is 7.09. The summed E-state index contributed by atoms with van der Waals surface area (Å²) in [5, 5.41) is 6.42. The fraction of sp³-hybridized carbons (Fsp3) is 0.733. The lowest BCUT2D eigenvalue weighted by Gasteiger charge is -2.27. The molecule has 0 saturated carbocycles. The number of carbonyl (C=O) groups is 1. The summed E-state index contributed by atoms with van der Waals surface area (Å²) in [6, 6.07) is 0.201. The first-order valence-electron chi connectivity index (χ1n) is 7.44. The molecule has 1 amide bonds. The van der Waals surface area contributed by atoms with Gasteiger partial charge in [0.05, 0.1) is 6.04 Å². The summed E-state index contributed by atoms with van der Waals surface area (Å²) in [6.45, 7) is 11.9. The highest BCUT2D eigenvalue weighted by Gasteiger charge is 2.21. The minimum Gasteiger partial charge on any atom is -0.444 e. The molecule has 1 unspecified atom stereocenters. The molecule has 0 bridgehead atoms. The number of aromatic nitrogens is 1. The van der Waals surface area contributed by atoms with Crippen LogP contribution in [-0.2, 0) is 4.74 Å². The van der Waals surface area contributed by atoms with Gasteiger partial charge in [0.25, 0.3) is 0 Å². The third-order valence-corrected chi connectivity index (χ3v) is 3.76. The molecule has 0 radical (unpaired) electrons. The van der Waals surface area contributed by atoms with Crippen molar-refractivity contribution in [3.8, 4) is 0 Å². The Bertz CT molecular complexity index is 415. The molecular formula is C15H27N3O2S. The molecule has 21 heavy (non-hydrogen) atoms. The van der Waals surface area contributed by atoms with E-state index in [9.17, 15) is 4.79 Å². The van der Waals surface area contributed by atoms with Gasteiger partial charge < -0.3 is 15.0 Å². The van der Waals surface area contributed by atoms with E-state index in [1.807, 2.05) is 32.3 Å². The van der Waals surface area contributed by atoms with Crippen molar-refractivity contribution in [2.45, 2.75) is 52.7 Å². The van der Waals surface area contributed by atoms with Crippen LogP contribution in [0.5, 0.6) is 0 Å². The number of ether oxygens (including phenoxy) is 1. The van der Waals surface area contributed by atoms with Crippen molar-refractivity contribution in [3.05, 3.63) is 16.6 Å². The lowest BCUT2D eigenvalue weighted by atomic mass is 10.2. The van der Waals surface area contributed by atoms with Gasteiger partial charge in [0.1, 0.15) is 10.6 Å². The second kappa shape index (κ2) is 8.34. The SMILES string of the molecule is CCCN(CCNC(C)c1nccs1)C(=O)OC(C)(C)C. The van der Waals surface area contributed by atoms with E-state index in [0.717, 1.165) is 18.0 Å². The average Bonchev–Trinajstić information content (AvgIpc) is 2.89.